The number of halogens is 1. The molecule has 1 aromatic carbocycles. The molecule has 6 nitrogen and oxygen atoms in total. The Bertz CT molecular complexity index is 784. The molecule has 3 rings (SSSR count). The molecule has 1 aromatic heterocycles. The lowest BCUT2D eigenvalue weighted by molar-refractivity contribution is 0.312. The van der Waals surface area contributed by atoms with Crippen molar-refractivity contribution in [3.8, 4) is 0 Å². The van der Waals surface area contributed by atoms with Gasteiger partial charge in [0.05, 0.1) is 6.54 Å². The molecule has 1 saturated heterocycles. The van der Waals surface area contributed by atoms with Crippen molar-refractivity contribution in [2.45, 2.75) is 19.9 Å². The van der Waals surface area contributed by atoms with Crippen LogP contribution in [0.5, 0.6) is 0 Å². The predicted molar refractivity (Wildman–Crippen MR) is 117 cm³/mol. The molecule has 0 saturated carbocycles. The van der Waals surface area contributed by atoms with Crippen LogP contribution < -0.4 is 15.5 Å². The van der Waals surface area contributed by atoms with Gasteiger partial charge in [-0.1, -0.05) is 12.1 Å². The first-order chi connectivity index (χ1) is 14.1. The Morgan fingerprint density at radius 1 is 1.07 bits per heavy atom. The standard InChI is InChI=1S/C22H31FN6/c1-3-24-22(26-11-8-18-4-6-20(23)7-5-18)27-17-19-9-10-25-21(16-19)29-14-12-28(2)13-15-29/h4-7,9-10,16H,3,8,11-15,17H2,1-2H3,(H2,24,26,27). The number of aliphatic imine (C=N–C) groups is 1. The summed E-state index contributed by atoms with van der Waals surface area (Å²) in [7, 11) is 2.15. The quantitative estimate of drug-likeness (QED) is 0.554. The van der Waals surface area contributed by atoms with Crippen molar-refractivity contribution in [1.29, 1.82) is 0 Å². The molecule has 2 N–H and O–H groups in total. The molecule has 2 aromatic rings. The molecule has 0 aliphatic carbocycles. The van der Waals surface area contributed by atoms with Crippen LogP contribution >= 0.6 is 0 Å². The number of rotatable bonds is 7. The maximum atomic E-state index is 13.0. The molecule has 1 aliphatic heterocycles. The minimum atomic E-state index is -0.204. The monoisotopic (exact) mass is 398 g/mol. The summed E-state index contributed by atoms with van der Waals surface area (Å²) in [6.07, 6.45) is 2.68. The summed E-state index contributed by atoms with van der Waals surface area (Å²) in [5.41, 5.74) is 2.24. The third-order valence-corrected chi connectivity index (χ3v) is 5.02. The van der Waals surface area contributed by atoms with Gasteiger partial charge >= 0.3 is 0 Å². The average molecular weight is 399 g/mol. The van der Waals surface area contributed by atoms with Gasteiger partial charge in [-0.05, 0) is 55.8 Å². The number of nitrogens with zero attached hydrogens (tertiary/aromatic N) is 4. The molecule has 0 bridgehead atoms. The highest BCUT2D eigenvalue weighted by atomic mass is 19.1. The van der Waals surface area contributed by atoms with Crippen molar-refractivity contribution < 1.29 is 4.39 Å². The summed E-state index contributed by atoms with van der Waals surface area (Å²) in [5.74, 6) is 1.61. The van der Waals surface area contributed by atoms with Gasteiger partial charge in [-0.25, -0.2) is 14.4 Å². The number of piperazine rings is 1. The van der Waals surface area contributed by atoms with Crippen molar-refractivity contribution >= 4 is 11.8 Å². The molecule has 7 heteroatoms. The van der Waals surface area contributed by atoms with E-state index in [1.54, 1.807) is 0 Å². The lowest BCUT2D eigenvalue weighted by Crippen LogP contribution is -2.44. The number of aromatic nitrogens is 1. The second-order valence-corrected chi connectivity index (χ2v) is 7.31. The number of pyridine rings is 1. The third-order valence-electron chi connectivity index (χ3n) is 5.02. The number of guanidine groups is 1. The fourth-order valence-electron chi connectivity index (χ4n) is 3.26. The van der Waals surface area contributed by atoms with Gasteiger partial charge in [-0.15, -0.1) is 0 Å². The van der Waals surface area contributed by atoms with Gasteiger partial charge in [-0.3, -0.25) is 0 Å². The van der Waals surface area contributed by atoms with E-state index in [0.717, 1.165) is 68.6 Å². The van der Waals surface area contributed by atoms with Crippen molar-refractivity contribution in [3.63, 3.8) is 0 Å². The molecule has 0 amide bonds. The zero-order valence-electron chi connectivity index (χ0n) is 17.4. The summed E-state index contributed by atoms with van der Waals surface area (Å²) >= 11 is 0. The van der Waals surface area contributed by atoms with Gasteiger partial charge in [0.2, 0.25) is 0 Å². The first kappa shape index (κ1) is 21.0. The molecule has 0 radical (unpaired) electrons. The fourth-order valence-corrected chi connectivity index (χ4v) is 3.26. The van der Waals surface area contributed by atoms with Crippen LogP contribution in [0.25, 0.3) is 0 Å². The van der Waals surface area contributed by atoms with Gasteiger partial charge in [-0.2, -0.15) is 0 Å². The van der Waals surface area contributed by atoms with Gasteiger partial charge in [0, 0.05) is 45.5 Å². The van der Waals surface area contributed by atoms with Gasteiger partial charge < -0.3 is 20.4 Å². The summed E-state index contributed by atoms with van der Waals surface area (Å²) in [5, 5.41) is 6.63. The van der Waals surface area contributed by atoms with Crippen LogP contribution in [0.2, 0.25) is 0 Å². The lowest BCUT2D eigenvalue weighted by Gasteiger charge is -2.33. The summed E-state index contributed by atoms with van der Waals surface area (Å²) in [6, 6.07) is 10.8. The van der Waals surface area contributed by atoms with Crippen LogP contribution in [0.1, 0.15) is 18.1 Å². The maximum absolute atomic E-state index is 13.0. The zero-order chi connectivity index (χ0) is 20.5. The largest absolute Gasteiger partial charge is 0.357 e. The second-order valence-electron chi connectivity index (χ2n) is 7.31. The third kappa shape index (κ3) is 6.71. The molecular weight excluding hydrogens is 367 g/mol. The van der Waals surface area contributed by atoms with Crippen LogP contribution in [0, 0.1) is 5.82 Å². The fraction of sp³-hybridized carbons (Fsp3) is 0.455. The van der Waals surface area contributed by atoms with Crippen LogP contribution in [0.4, 0.5) is 10.2 Å². The molecule has 1 fully saturated rings. The number of anilines is 1. The Hall–Kier alpha value is -2.67. The zero-order valence-corrected chi connectivity index (χ0v) is 17.4. The highest BCUT2D eigenvalue weighted by Gasteiger charge is 2.15. The maximum Gasteiger partial charge on any atom is 0.191 e. The highest BCUT2D eigenvalue weighted by molar-refractivity contribution is 5.79. The van der Waals surface area contributed by atoms with Gasteiger partial charge in [0.1, 0.15) is 11.6 Å². The summed E-state index contributed by atoms with van der Waals surface area (Å²) < 4.78 is 13.0. The van der Waals surface area contributed by atoms with E-state index in [1.165, 1.54) is 12.1 Å². The van der Waals surface area contributed by atoms with Crippen LogP contribution in [0.3, 0.4) is 0 Å². The topological polar surface area (TPSA) is 55.8 Å². The van der Waals surface area contributed by atoms with E-state index in [4.69, 9.17) is 4.99 Å². The van der Waals surface area contributed by atoms with Gasteiger partial charge in [0.15, 0.2) is 5.96 Å². The minimum Gasteiger partial charge on any atom is -0.357 e. The van der Waals surface area contributed by atoms with E-state index < -0.39 is 0 Å². The molecular formula is C22H31FN6. The SMILES string of the molecule is CCNC(=NCc1ccnc(N2CCN(C)CC2)c1)NCCc1ccc(F)cc1. The van der Waals surface area contributed by atoms with Crippen molar-refractivity contribution in [2.75, 3.05) is 51.2 Å². The number of hydrogen-bond donors (Lipinski definition) is 2. The molecule has 0 atom stereocenters. The lowest BCUT2D eigenvalue weighted by atomic mass is 10.1. The average Bonchev–Trinajstić information content (AvgIpc) is 2.74. The highest BCUT2D eigenvalue weighted by Crippen LogP contribution is 2.15. The molecule has 0 unspecified atom stereocenters. The Morgan fingerprint density at radius 2 is 1.83 bits per heavy atom. The molecule has 29 heavy (non-hydrogen) atoms. The van der Waals surface area contributed by atoms with E-state index in [1.807, 2.05) is 24.4 Å². The molecule has 0 spiro atoms. The Kier molecular flexibility index (Phi) is 7.81. The first-order valence-corrected chi connectivity index (χ1v) is 10.3. The van der Waals surface area contributed by atoms with Crippen LogP contribution in [0.15, 0.2) is 47.6 Å². The van der Waals surface area contributed by atoms with Gasteiger partial charge in [0.25, 0.3) is 0 Å². The van der Waals surface area contributed by atoms with Crippen molar-refractivity contribution in [2.24, 2.45) is 4.99 Å². The number of likely N-dealkylation sites (N-methyl/N-ethyl adjacent to an activating group) is 1. The Balaban J connectivity index is 1.55. The van der Waals surface area contributed by atoms with E-state index in [2.05, 4.69) is 45.5 Å². The van der Waals surface area contributed by atoms with Crippen molar-refractivity contribution in [3.05, 3.63) is 59.5 Å². The molecule has 156 valence electrons. The first-order valence-electron chi connectivity index (χ1n) is 10.3. The van der Waals surface area contributed by atoms with Crippen molar-refractivity contribution in [1.82, 2.24) is 20.5 Å². The molecule has 2 heterocycles. The molecule has 1 aliphatic rings. The minimum absolute atomic E-state index is 0.204. The van der Waals surface area contributed by atoms with Crippen LogP contribution in [-0.4, -0.2) is 62.2 Å². The number of hydrogen-bond acceptors (Lipinski definition) is 4. The van der Waals surface area contributed by atoms with E-state index in [-0.39, 0.29) is 5.82 Å². The Labute approximate surface area is 172 Å². The summed E-state index contributed by atoms with van der Waals surface area (Å²) in [4.78, 5) is 13.9. The van der Waals surface area contributed by atoms with Crippen LogP contribution in [-0.2, 0) is 13.0 Å². The Morgan fingerprint density at radius 3 is 2.55 bits per heavy atom. The summed E-state index contributed by atoms with van der Waals surface area (Å²) in [6.45, 7) is 8.31. The predicted octanol–water partition coefficient (Wildman–Crippen LogP) is 2.27. The van der Waals surface area contributed by atoms with E-state index in [9.17, 15) is 4.39 Å². The van der Waals surface area contributed by atoms with E-state index in [0.29, 0.717) is 6.54 Å². The number of nitrogens with one attached hydrogen (secondary N) is 2. The second kappa shape index (κ2) is 10.8. The van der Waals surface area contributed by atoms with E-state index >= 15 is 0 Å². The normalized spacial score (nSPS) is 15.4. The number of benzene rings is 1. The smallest absolute Gasteiger partial charge is 0.191 e.